The molecular formula is C21H31Cl2N3O7S. The second kappa shape index (κ2) is 10.9. The van der Waals surface area contributed by atoms with Gasteiger partial charge in [-0.3, -0.25) is 0 Å². The van der Waals surface area contributed by atoms with Crippen LogP contribution in [-0.2, 0) is 24.4 Å². The first kappa shape index (κ1) is 28.4. The minimum absolute atomic E-state index is 0.0991. The fourth-order valence-corrected chi connectivity index (χ4v) is 4.30. The number of nitrogens with one attached hydrogen (secondary N) is 2. The molecule has 0 unspecified atom stereocenters. The van der Waals surface area contributed by atoms with Gasteiger partial charge in [0.05, 0.1) is 22.7 Å². The summed E-state index contributed by atoms with van der Waals surface area (Å²) in [6.45, 7) is 10.1. The molecule has 13 heteroatoms. The van der Waals surface area contributed by atoms with Crippen molar-refractivity contribution >= 4 is 45.6 Å². The normalized spacial score (nSPS) is 19.8. The van der Waals surface area contributed by atoms with Gasteiger partial charge in [0, 0.05) is 13.1 Å². The first-order chi connectivity index (χ1) is 15.5. The molecule has 1 aliphatic rings. The maximum atomic E-state index is 12.8. The van der Waals surface area contributed by atoms with Crippen LogP contribution in [0.25, 0.3) is 0 Å². The molecular weight excluding hydrogens is 509 g/mol. The van der Waals surface area contributed by atoms with E-state index in [2.05, 4.69) is 4.72 Å². The van der Waals surface area contributed by atoms with Gasteiger partial charge < -0.3 is 19.1 Å². The number of hydrogen-bond donors (Lipinski definition) is 2. The standard InChI is InChI=1S/C21H31Cl2N3O7S/c1-20(2,3)32-18(27)25-34(29,30)24-16-12-26(19(28)33-21(4,5)6)9-10-31-17(16)13-7-8-14(22)15(23)11-13/h7-8,11,16-17,24H,9-10,12H2,1-6H3,(H,25,27)/t16-,17+/m1/s1. The molecule has 0 spiro atoms. The largest absolute Gasteiger partial charge is 0.444 e. The second-order valence-electron chi connectivity index (χ2n) is 9.72. The van der Waals surface area contributed by atoms with Gasteiger partial charge in [0.2, 0.25) is 0 Å². The molecule has 2 atom stereocenters. The zero-order valence-electron chi connectivity index (χ0n) is 20.0. The number of amides is 2. The Balaban J connectivity index is 2.33. The molecule has 2 N–H and O–H groups in total. The number of hydrogen-bond acceptors (Lipinski definition) is 7. The molecule has 192 valence electrons. The van der Waals surface area contributed by atoms with Gasteiger partial charge in [0.15, 0.2) is 0 Å². The average Bonchev–Trinajstić information content (AvgIpc) is 2.82. The molecule has 1 fully saturated rings. The smallest absolute Gasteiger partial charge is 0.422 e. The van der Waals surface area contributed by atoms with Gasteiger partial charge in [-0.05, 0) is 59.2 Å². The Morgan fingerprint density at radius 1 is 1.06 bits per heavy atom. The molecule has 2 rings (SSSR count). The Morgan fingerprint density at radius 3 is 2.24 bits per heavy atom. The molecule has 1 aliphatic heterocycles. The summed E-state index contributed by atoms with van der Waals surface area (Å²) in [7, 11) is -4.40. The van der Waals surface area contributed by atoms with Crippen molar-refractivity contribution in [3.05, 3.63) is 33.8 Å². The third-order valence-corrected chi connectivity index (χ3v) is 6.08. The van der Waals surface area contributed by atoms with Crippen molar-refractivity contribution in [1.82, 2.24) is 14.3 Å². The van der Waals surface area contributed by atoms with E-state index in [0.29, 0.717) is 10.6 Å². The summed E-state index contributed by atoms with van der Waals surface area (Å²) in [5.74, 6) is 0. The monoisotopic (exact) mass is 539 g/mol. The Morgan fingerprint density at radius 2 is 1.68 bits per heavy atom. The third-order valence-electron chi connectivity index (χ3n) is 4.29. The van der Waals surface area contributed by atoms with Crippen LogP contribution in [-0.4, -0.2) is 62.4 Å². The van der Waals surface area contributed by atoms with Crippen LogP contribution < -0.4 is 9.44 Å². The van der Waals surface area contributed by atoms with Crippen LogP contribution in [0.4, 0.5) is 9.59 Å². The molecule has 0 aliphatic carbocycles. The SMILES string of the molecule is CC(C)(C)OC(=O)NS(=O)(=O)N[C@@H]1CN(C(=O)OC(C)(C)C)CCO[C@H]1c1ccc(Cl)c(Cl)c1. The summed E-state index contributed by atoms with van der Waals surface area (Å²) in [6, 6.07) is 3.75. The highest BCUT2D eigenvalue weighted by molar-refractivity contribution is 7.88. The number of nitrogens with zero attached hydrogens (tertiary/aromatic N) is 1. The first-order valence-electron chi connectivity index (χ1n) is 10.5. The fraction of sp³-hybridized carbons (Fsp3) is 0.619. The van der Waals surface area contributed by atoms with Crippen molar-refractivity contribution in [2.75, 3.05) is 19.7 Å². The highest BCUT2D eigenvalue weighted by Crippen LogP contribution is 2.31. The van der Waals surface area contributed by atoms with Gasteiger partial charge in [-0.1, -0.05) is 29.3 Å². The van der Waals surface area contributed by atoms with Crippen molar-refractivity contribution in [1.29, 1.82) is 0 Å². The van der Waals surface area contributed by atoms with Crippen LogP contribution >= 0.6 is 23.2 Å². The summed E-state index contributed by atoms with van der Waals surface area (Å²) in [4.78, 5) is 26.1. The lowest BCUT2D eigenvalue weighted by Crippen LogP contribution is -2.52. The van der Waals surface area contributed by atoms with Crippen LogP contribution in [0.1, 0.15) is 53.2 Å². The van der Waals surface area contributed by atoms with Gasteiger partial charge in [-0.15, -0.1) is 0 Å². The van der Waals surface area contributed by atoms with Gasteiger partial charge >= 0.3 is 22.4 Å². The van der Waals surface area contributed by atoms with E-state index in [1.165, 1.54) is 4.90 Å². The van der Waals surface area contributed by atoms with Gasteiger partial charge in [0.25, 0.3) is 0 Å². The number of carbonyl (C=O) groups excluding carboxylic acids is 2. The molecule has 1 aromatic carbocycles. The van der Waals surface area contributed by atoms with E-state index in [1.54, 1.807) is 59.7 Å². The molecule has 1 saturated heterocycles. The van der Waals surface area contributed by atoms with E-state index in [9.17, 15) is 18.0 Å². The van der Waals surface area contributed by atoms with E-state index >= 15 is 0 Å². The molecule has 34 heavy (non-hydrogen) atoms. The topological polar surface area (TPSA) is 123 Å². The minimum atomic E-state index is -4.40. The fourth-order valence-electron chi connectivity index (χ4n) is 3.08. The van der Waals surface area contributed by atoms with Crippen LogP contribution in [0.3, 0.4) is 0 Å². The van der Waals surface area contributed by atoms with Crippen molar-refractivity contribution in [2.24, 2.45) is 0 Å². The maximum Gasteiger partial charge on any atom is 0.422 e. The van der Waals surface area contributed by atoms with Crippen molar-refractivity contribution < 1.29 is 32.2 Å². The van der Waals surface area contributed by atoms with Crippen molar-refractivity contribution in [2.45, 2.75) is 64.9 Å². The highest BCUT2D eigenvalue weighted by Gasteiger charge is 2.36. The van der Waals surface area contributed by atoms with E-state index in [4.69, 9.17) is 37.4 Å². The summed E-state index contributed by atoms with van der Waals surface area (Å²) < 4.78 is 46.1. The average molecular weight is 540 g/mol. The van der Waals surface area contributed by atoms with E-state index in [0.717, 1.165) is 0 Å². The predicted octanol–water partition coefficient (Wildman–Crippen LogP) is 4.03. The van der Waals surface area contributed by atoms with Crippen molar-refractivity contribution in [3.8, 4) is 0 Å². The third kappa shape index (κ3) is 9.10. The number of ether oxygens (including phenoxy) is 3. The van der Waals surface area contributed by atoms with E-state index in [-0.39, 0.29) is 24.7 Å². The zero-order valence-corrected chi connectivity index (χ0v) is 22.3. The molecule has 0 saturated carbocycles. The molecule has 0 radical (unpaired) electrons. The zero-order chi connectivity index (χ0) is 25.9. The minimum Gasteiger partial charge on any atom is -0.444 e. The Bertz CT molecular complexity index is 1010. The van der Waals surface area contributed by atoms with Crippen LogP contribution in [0.15, 0.2) is 18.2 Å². The number of benzene rings is 1. The predicted molar refractivity (Wildman–Crippen MR) is 128 cm³/mol. The van der Waals surface area contributed by atoms with E-state index in [1.807, 2.05) is 4.72 Å². The van der Waals surface area contributed by atoms with E-state index < -0.39 is 45.7 Å². The van der Waals surface area contributed by atoms with Gasteiger partial charge in [-0.25, -0.2) is 14.3 Å². The Hall–Kier alpha value is -1.79. The molecule has 10 nitrogen and oxygen atoms in total. The van der Waals surface area contributed by atoms with Crippen LogP contribution in [0.5, 0.6) is 0 Å². The molecule has 1 heterocycles. The molecule has 1 aromatic rings. The molecule has 2 amide bonds. The number of carbonyl (C=O) groups is 2. The summed E-state index contributed by atoms with van der Waals surface area (Å²) >= 11 is 12.2. The lowest BCUT2D eigenvalue weighted by atomic mass is 10.0. The number of halogens is 2. The first-order valence-corrected chi connectivity index (χ1v) is 12.8. The van der Waals surface area contributed by atoms with Crippen LogP contribution in [0.2, 0.25) is 10.0 Å². The molecule has 0 bridgehead atoms. The lowest BCUT2D eigenvalue weighted by Gasteiger charge is -2.30. The Kier molecular flexibility index (Phi) is 9.09. The Labute approximate surface area is 210 Å². The van der Waals surface area contributed by atoms with Crippen LogP contribution in [0, 0.1) is 0 Å². The van der Waals surface area contributed by atoms with Gasteiger partial charge in [-0.2, -0.15) is 13.1 Å². The molecule has 0 aromatic heterocycles. The summed E-state index contributed by atoms with van der Waals surface area (Å²) in [5, 5.41) is 0.572. The quantitative estimate of drug-likeness (QED) is 0.591. The maximum absolute atomic E-state index is 12.8. The summed E-state index contributed by atoms with van der Waals surface area (Å²) in [6.07, 6.45) is -2.63. The lowest BCUT2D eigenvalue weighted by molar-refractivity contribution is 0.0230. The van der Waals surface area contributed by atoms with Gasteiger partial charge in [0.1, 0.15) is 17.3 Å². The summed E-state index contributed by atoms with van der Waals surface area (Å²) in [5.41, 5.74) is -1.12. The number of rotatable bonds is 4. The second-order valence-corrected chi connectivity index (χ2v) is 12.0. The highest BCUT2D eigenvalue weighted by atomic mass is 35.5. The van der Waals surface area contributed by atoms with Crippen molar-refractivity contribution in [3.63, 3.8) is 0 Å².